The minimum atomic E-state index is 0.173. The highest BCUT2D eigenvalue weighted by Gasteiger charge is 2.42. The highest BCUT2D eigenvalue weighted by molar-refractivity contribution is 5.37. The first-order valence-corrected chi connectivity index (χ1v) is 6.93. The normalized spacial score (nSPS) is 28.1. The first-order chi connectivity index (χ1) is 8.74. The standard InChI is InChI=1S/C15H22N2O/c16-13-9-14(12-4-2-1-3-11(12)13)17-10-15(5-6-15)7-8-18/h1-4,13-14,17-18H,5-10,16H2. The van der Waals surface area contributed by atoms with E-state index in [1.165, 1.54) is 24.0 Å². The molecule has 98 valence electrons. The van der Waals surface area contributed by atoms with Crippen molar-refractivity contribution in [1.29, 1.82) is 0 Å². The van der Waals surface area contributed by atoms with Gasteiger partial charge in [-0.1, -0.05) is 24.3 Å². The summed E-state index contributed by atoms with van der Waals surface area (Å²) in [6.45, 7) is 1.32. The molecule has 3 nitrogen and oxygen atoms in total. The predicted octanol–water partition coefficient (Wildman–Crippen LogP) is 1.88. The topological polar surface area (TPSA) is 58.3 Å². The third-order valence-electron chi connectivity index (χ3n) is 4.58. The van der Waals surface area contributed by atoms with E-state index in [-0.39, 0.29) is 6.04 Å². The van der Waals surface area contributed by atoms with Gasteiger partial charge >= 0.3 is 0 Å². The molecule has 2 atom stereocenters. The van der Waals surface area contributed by atoms with Crippen LogP contribution in [0.5, 0.6) is 0 Å². The van der Waals surface area contributed by atoms with Crippen LogP contribution < -0.4 is 11.1 Å². The Balaban J connectivity index is 1.65. The fraction of sp³-hybridized carbons (Fsp3) is 0.600. The van der Waals surface area contributed by atoms with Gasteiger partial charge in [0, 0.05) is 25.2 Å². The van der Waals surface area contributed by atoms with E-state index in [2.05, 4.69) is 29.6 Å². The van der Waals surface area contributed by atoms with Crippen molar-refractivity contribution in [2.24, 2.45) is 11.1 Å². The van der Waals surface area contributed by atoms with Gasteiger partial charge in [-0.25, -0.2) is 0 Å². The summed E-state index contributed by atoms with van der Waals surface area (Å²) in [6.07, 6.45) is 4.43. The van der Waals surface area contributed by atoms with Crippen LogP contribution in [-0.4, -0.2) is 18.3 Å². The van der Waals surface area contributed by atoms with Crippen LogP contribution in [0.3, 0.4) is 0 Å². The van der Waals surface area contributed by atoms with Gasteiger partial charge in [-0.15, -0.1) is 0 Å². The zero-order valence-electron chi connectivity index (χ0n) is 10.7. The van der Waals surface area contributed by atoms with Crippen LogP contribution in [0.25, 0.3) is 0 Å². The van der Waals surface area contributed by atoms with Crippen LogP contribution in [0.1, 0.15) is 48.9 Å². The lowest BCUT2D eigenvalue weighted by molar-refractivity contribution is 0.241. The third-order valence-corrected chi connectivity index (χ3v) is 4.58. The van der Waals surface area contributed by atoms with Crippen LogP contribution in [0.4, 0.5) is 0 Å². The first-order valence-electron chi connectivity index (χ1n) is 6.93. The fourth-order valence-corrected chi connectivity index (χ4v) is 3.14. The Bertz CT molecular complexity index is 428. The Morgan fingerprint density at radius 2 is 2.00 bits per heavy atom. The summed E-state index contributed by atoms with van der Waals surface area (Å²) in [5, 5.41) is 12.8. The van der Waals surface area contributed by atoms with Gasteiger partial charge < -0.3 is 16.2 Å². The molecule has 0 amide bonds. The summed E-state index contributed by atoms with van der Waals surface area (Å²) in [5.41, 5.74) is 9.20. The van der Waals surface area contributed by atoms with Gasteiger partial charge in [0.2, 0.25) is 0 Å². The Morgan fingerprint density at radius 3 is 2.67 bits per heavy atom. The summed E-state index contributed by atoms with van der Waals surface area (Å²) < 4.78 is 0. The van der Waals surface area contributed by atoms with E-state index in [0.29, 0.717) is 18.1 Å². The lowest BCUT2D eigenvalue weighted by atomic mass is 10.0. The predicted molar refractivity (Wildman–Crippen MR) is 72.1 cm³/mol. The maximum Gasteiger partial charge on any atom is 0.0436 e. The molecule has 18 heavy (non-hydrogen) atoms. The maximum absolute atomic E-state index is 9.09. The SMILES string of the molecule is NC1CC(NCC2(CCO)CC2)c2ccccc21. The van der Waals surface area contributed by atoms with E-state index in [1.807, 2.05) is 0 Å². The number of fused-ring (bicyclic) bond motifs is 1. The van der Waals surface area contributed by atoms with Gasteiger partial charge in [0.25, 0.3) is 0 Å². The Hall–Kier alpha value is -0.900. The van der Waals surface area contributed by atoms with Crippen LogP contribution in [-0.2, 0) is 0 Å². The monoisotopic (exact) mass is 246 g/mol. The lowest BCUT2D eigenvalue weighted by Gasteiger charge is -2.19. The summed E-state index contributed by atoms with van der Waals surface area (Å²) in [4.78, 5) is 0. The lowest BCUT2D eigenvalue weighted by Crippen LogP contribution is -2.28. The second-order valence-corrected chi connectivity index (χ2v) is 5.88. The van der Waals surface area contributed by atoms with E-state index >= 15 is 0 Å². The number of hydrogen-bond donors (Lipinski definition) is 3. The quantitative estimate of drug-likeness (QED) is 0.743. The molecular weight excluding hydrogens is 224 g/mol. The summed E-state index contributed by atoms with van der Waals surface area (Å²) in [5.74, 6) is 0. The Kier molecular flexibility index (Phi) is 3.14. The minimum Gasteiger partial charge on any atom is -0.396 e. The first kappa shape index (κ1) is 12.2. The van der Waals surface area contributed by atoms with Crippen molar-refractivity contribution >= 4 is 0 Å². The fourth-order valence-electron chi connectivity index (χ4n) is 3.14. The van der Waals surface area contributed by atoms with E-state index < -0.39 is 0 Å². The molecule has 3 heteroatoms. The van der Waals surface area contributed by atoms with Crippen molar-refractivity contribution in [3.05, 3.63) is 35.4 Å². The molecule has 1 saturated carbocycles. The molecule has 2 aliphatic carbocycles. The molecule has 1 aromatic carbocycles. The van der Waals surface area contributed by atoms with Crippen LogP contribution in [0, 0.1) is 5.41 Å². The zero-order chi connectivity index (χ0) is 12.6. The van der Waals surface area contributed by atoms with Crippen LogP contribution >= 0.6 is 0 Å². The maximum atomic E-state index is 9.09. The number of benzene rings is 1. The highest BCUT2D eigenvalue weighted by Crippen LogP contribution is 2.49. The molecular formula is C15H22N2O. The smallest absolute Gasteiger partial charge is 0.0436 e. The van der Waals surface area contributed by atoms with Gasteiger partial charge in [0.05, 0.1) is 0 Å². The van der Waals surface area contributed by atoms with E-state index in [1.54, 1.807) is 0 Å². The minimum absolute atomic E-state index is 0.173. The molecule has 3 rings (SSSR count). The summed E-state index contributed by atoms with van der Waals surface area (Å²) >= 11 is 0. The molecule has 0 radical (unpaired) electrons. The molecule has 0 saturated heterocycles. The van der Waals surface area contributed by atoms with Crippen molar-refractivity contribution in [2.75, 3.05) is 13.2 Å². The van der Waals surface area contributed by atoms with E-state index in [4.69, 9.17) is 10.8 Å². The number of nitrogens with two attached hydrogens (primary N) is 1. The van der Waals surface area contributed by atoms with Crippen molar-refractivity contribution < 1.29 is 5.11 Å². The van der Waals surface area contributed by atoms with Crippen molar-refractivity contribution in [2.45, 2.75) is 37.8 Å². The van der Waals surface area contributed by atoms with Crippen molar-refractivity contribution in [1.82, 2.24) is 5.32 Å². The Labute approximate surface area is 108 Å². The molecule has 1 fully saturated rings. The largest absolute Gasteiger partial charge is 0.396 e. The molecule has 2 unspecified atom stereocenters. The summed E-state index contributed by atoms with van der Waals surface area (Å²) in [6, 6.07) is 9.05. The van der Waals surface area contributed by atoms with Gasteiger partial charge in [-0.05, 0) is 42.2 Å². The van der Waals surface area contributed by atoms with E-state index in [0.717, 1.165) is 19.4 Å². The molecule has 0 aliphatic heterocycles. The molecule has 1 aromatic rings. The van der Waals surface area contributed by atoms with E-state index in [9.17, 15) is 0 Å². The number of aliphatic hydroxyl groups is 1. The number of nitrogens with one attached hydrogen (secondary N) is 1. The average molecular weight is 246 g/mol. The van der Waals surface area contributed by atoms with Gasteiger partial charge in [0.1, 0.15) is 0 Å². The second-order valence-electron chi connectivity index (χ2n) is 5.88. The van der Waals surface area contributed by atoms with Crippen molar-refractivity contribution in [3.8, 4) is 0 Å². The van der Waals surface area contributed by atoms with Crippen LogP contribution in [0.15, 0.2) is 24.3 Å². The molecule has 0 spiro atoms. The zero-order valence-corrected chi connectivity index (χ0v) is 10.7. The molecule has 0 heterocycles. The van der Waals surface area contributed by atoms with Crippen LogP contribution in [0.2, 0.25) is 0 Å². The number of rotatable bonds is 5. The highest BCUT2D eigenvalue weighted by atomic mass is 16.3. The average Bonchev–Trinajstić information content (AvgIpc) is 3.07. The van der Waals surface area contributed by atoms with Gasteiger partial charge in [-0.3, -0.25) is 0 Å². The van der Waals surface area contributed by atoms with Gasteiger partial charge in [-0.2, -0.15) is 0 Å². The molecule has 2 aliphatic rings. The number of aliphatic hydroxyl groups excluding tert-OH is 1. The molecule has 0 aromatic heterocycles. The van der Waals surface area contributed by atoms with Crippen molar-refractivity contribution in [3.63, 3.8) is 0 Å². The Morgan fingerprint density at radius 1 is 1.28 bits per heavy atom. The summed E-state index contributed by atoms with van der Waals surface area (Å²) in [7, 11) is 0. The molecule has 0 bridgehead atoms. The second kappa shape index (κ2) is 4.65. The van der Waals surface area contributed by atoms with Gasteiger partial charge in [0.15, 0.2) is 0 Å². The molecule has 4 N–H and O–H groups in total. The number of hydrogen-bond acceptors (Lipinski definition) is 3. The third kappa shape index (κ3) is 2.18.